The molecule has 0 spiro atoms. The highest BCUT2D eigenvalue weighted by molar-refractivity contribution is 7.80. The van der Waals surface area contributed by atoms with E-state index < -0.39 is 5.97 Å². The molecule has 1 aromatic carbocycles. The van der Waals surface area contributed by atoms with Gasteiger partial charge in [-0.2, -0.15) is 5.10 Å². The number of aromatic nitrogens is 1. The van der Waals surface area contributed by atoms with Crippen LogP contribution in [0.15, 0.2) is 23.3 Å². The lowest BCUT2D eigenvalue weighted by molar-refractivity contribution is 0.0691. The Morgan fingerprint density at radius 2 is 2.32 bits per heavy atom. The molecule has 2 rings (SSSR count). The second-order valence-corrected chi connectivity index (χ2v) is 4.44. The number of nitrogens with one attached hydrogen (secondary N) is 2. The molecule has 0 amide bonds. The van der Waals surface area contributed by atoms with E-state index in [0.717, 1.165) is 16.5 Å². The summed E-state index contributed by atoms with van der Waals surface area (Å²) in [6, 6.07) is 5.62. The van der Waals surface area contributed by atoms with Crippen LogP contribution in [0.4, 0.5) is 0 Å². The number of benzene rings is 1. The SMILES string of the molecule is Cc1ccc2[nH]c(C(=O)O)c(/C=N/NC(N)=S)c2c1. The van der Waals surface area contributed by atoms with Gasteiger partial charge in [-0.3, -0.25) is 5.43 Å². The highest BCUT2D eigenvalue weighted by Crippen LogP contribution is 2.22. The zero-order chi connectivity index (χ0) is 14.0. The van der Waals surface area contributed by atoms with Gasteiger partial charge >= 0.3 is 5.97 Å². The molecule has 1 aromatic heterocycles. The van der Waals surface area contributed by atoms with Crippen molar-refractivity contribution in [1.82, 2.24) is 10.4 Å². The number of aromatic carboxylic acids is 1. The summed E-state index contributed by atoms with van der Waals surface area (Å²) in [6.45, 7) is 1.93. The molecule has 0 aliphatic carbocycles. The third-order valence-electron chi connectivity index (χ3n) is 2.58. The summed E-state index contributed by atoms with van der Waals surface area (Å²) in [6.07, 6.45) is 1.39. The molecule has 0 bridgehead atoms. The minimum absolute atomic E-state index is 0.0177. The first-order valence-electron chi connectivity index (χ1n) is 5.43. The first kappa shape index (κ1) is 13.0. The van der Waals surface area contributed by atoms with Crippen LogP contribution in [0.5, 0.6) is 0 Å². The summed E-state index contributed by atoms with van der Waals surface area (Å²) in [7, 11) is 0. The Bertz CT molecular complexity index is 690. The molecule has 19 heavy (non-hydrogen) atoms. The first-order valence-corrected chi connectivity index (χ1v) is 5.84. The van der Waals surface area contributed by atoms with Crippen molar-refractivity contribution in [2.45, 2.75) is 6.92 Å². The molecule has 0 atom stereocenters. The fourth-order valence-electron chi connectivity index (χ4n) is 1.79. The van der Waals surface area contributed by atoms with Crippen LogP contribution >= 0.6 is 12.2 Å². The van der Waals surface area contributed by atoms with Gasteiger partial charge in [-0.05, 0) is 31.3 Å². The molecule has 0 aliphatic heterocycles. The van der Waals surface area contributed by atoms with Gasteiger partial charge in [0.25, 0.3) is 0 Å². The topological polar surface area (TPSA) is 104 Å². The van der Waals surface area contributed by atoms with Crippen molar-refractivity contribution in [1.29, 1.82) is 0 Å². The fraction of sp³-hybridized carbons (Fsp3) is 0.0833. The van der Waals surface area contributed by atoms with E-state index in [1.54, 1.807) is 0 Å². The number of thiocarbonyl (C=S) groups is 1. The van der Waals surface area contributed by atoms with Crippen molar-refractivity contribution >= 4 is 40.4 Å². The van der Waals surface area contributed by atoms with Gasteiger partial charge in [-0.15, -0.1) is 0 Å². The van der Waals surface area contributed by atoms with Crippen molar-refractivity contribution in [2.24, 2.45) is 10.8 Å². The second-order valence-electron chi connectivity index (χ2n) is 4.00. The number of carboxylic acids is 1. The predicted octanol–water partition coefficient (Wildman–Crippen LogP) is 1.34. The smallest absolute Gasteiger partial charge is 0.353 e. The first-order chi connectivity index (χ1) is 8.99. The number of fused-ring (bicyclic) bond motifs is 1. The normalized spacial score (nSPS) is 11.0. The lowest BCUT2D eigenvalue weighted by atomic mass is 10.1. The van der Waals surface area contributed by atoms with E-state index in [-0.39, 0.29) is 10.8 Å². The van der Waals surface area contributed by atoms with Gasteiger partial charge in [0.2, 0.25) is 0 Å². The molecule has 0 saturated carbocycles. The maximum Gasteiger partial charge on any atom is 0.353 e. The number of hydrogen-bond acceptors (Lipinski definition) is 3. The van der Waals surface area contributed by atoms with Crippen LogP contribution in [-0.4, -0.2) is 27.4 Å². The number of hydrazone groups is 1. The summed E-state index contributed by atoms with van der Waals surface area (Å²) in [5, 5.41) is 13.8. The maximum absolute atomic E-state index is 11.2. The number of H-pyrrole nitrogens is 1. The van der Waals surface area contributed by atoms with Crippen molar-refractivity contribution in [3.05, 3.63) is 35.0 Å². The molecule has 2 aromatic rings. The number of nitrogens with two attached hydrogens (primary N) is 1. The predicted molar refractivity (Wildman–Crippen MR) is 77.5 cm³/mol. The monoisotopic (exact) mass is 276 g/mol. The van der Waals surface area contributed by atoms with Crippen molar-refractivity contribution in [3.63, 3.8) is 0 Å². The average Bonchev–Trinajstić information content (AvgIpc) is 2.67. The molecular formula is C12H12N4O2S. The van der Waals surface area contributed by atoms with Gasteiger partial charge in [-0.1, -0.05) is 11.6 Å². The van der Waals surface area contributed by atoms with Crippen LogP contribution in [0.1, 0.15) is 21.6 Å². The van der Waals surface area contributed by atoms with Crippen molar-refractivity contribution in [3.8, 4) is 0 Å². The van der Waals surface area contributed by atoms with E-state index in [0.29, 0.717) is 5.56 Å². The van der Waals surface area contributed by atoms with E-state index in [9.17, 15) is 9.90 Å². The van der Waals surface area contributed by atoms with Crippen LogP contribution in [0.3, 0.4) is 0 Å². The third-order valence-corrected chi connectivity index (χ3v) is 2.67. The highest BCUT2D eigenvalue weighted by atomic mass is 32.1. The van der Waals surface area contributed by atoms with E-state index >= 15 is 0 Å². The fourth-order valence-corrected chi connectivity index (χ4v) is 1.84. The quantitative estimate of drug-likeness (QED) is 0.385. The lowest BCUT2D eigenvalue weighted by Gasteiger charge is -1.97. The second kappa shape index (κ2) is 5.07. The molecule has 98 valence electrons. The Morgan fingerprint density at radius 1 is 1.58 bits per heavy atom. The van der Waals surface area contributed by atoms with Crippen LogP contribution in [-0.2, 0) is 0 Å². The number of rotatable bonds is 3. The minimum Gasteiger partial charge on any atom is -0.477 e. The molecule has 0 fully saturated rings. The van der Waals surface area contributed by atoms with Gasteiger partial charge in [0.05, 0.1) is 6.21 Å². The standard InChI is InChI=1S/C12H12N4O2S/c1-6-2-3-9-7(4-6)8(5-14-16-12(13)19)10(15-9)11(17)18/h2-5,15H,1H3,(H,17,18)(H3,13,16,19)/b14-5+. The summed E-state index contributed by atoms with van der Waals surface area (Å²) in [5.41, 5.74) is 9.97. The molecule has 1 heterocycles. The average molecular weight is 276 g/mol. The van der Waals surface area contributed by atoms with Gasteiger partial charge < -0.3 is 15.8 Å². The van der Waals surface area contributed by atoms with E-state index in [4.69, 9.17) is 5.73 Å². The summed E-state index contributed by atoms with van der Waals surface area (Å²) in [5.74, 6) is -1.05. The molecule has 0 saturated heterocycles. The highest BCUT2D eigenvalue weighted by Gasteiger charge is 2.15. The summed E-state index contributed by atoms with van der Waals surface area (Å²) in [4.78, 5) is 14.1. The Kier molecular flexibility index (Phi) is 3.48. The molecule has 7 heteroatoms. The van der Waals surface area contributed by atoms with E-state index in [1.165, 1.54) is 6.21 Å². The minimum atomic E-state index is -1.05. The van der Waals surface area contributed by atoms with Crippen molar-refractivity contribution < 1.29 is 9.90 Å². The van der Waals surface area contributed by atoms with Crippen LogP contribution < -0.4 is 11.2 Å². The third kappa shape index (κ3) is 2.71. The number of nitrogens with zero attached hydrogens (tertiary/aromatic N) is 1. The Labute approximate surface area is 114 Å². The Balaban J connectivity index is 2.57. The zero-order valence-corrected chi connectivity index (χ0v) is 10.9. The number of aromatic amines is 1. The molecule has 5 N–H and O–H groups in total. The summed E-state index contributed by atoms with van der Waals surface area (Å²) < 4.78 is 0. The molecular weight excluding hydrogens is 264 g/mol. The van der Waals surface area contributed by atoms with Gasteiger partial charge in [0.1, 0.15) is 5.69 Å². The van der Waals surface area contributed by atoms with E-state index in [1.807, 2.05) is 25.1 Å². The largest absolute Gasteiger partial charge is 0.477 e. The lowest BCUT2D eigenvalue weighted by Crippen LogP contribution is -2.24. The van der Waals surface area contributed by atoms with Crippen LogP contribution in [0.2, 0.25) is 0 Å². The van der Waals surface area contributed by atoms with Crippen LogP contribution in [0.25, 0.3) is 10.9 Å². The molecule has 0 unspecified atom stereocenters. The number of aryl methyl sites for hydroxylation is 1. The van der Waals surface area contributed by atoms with Crippen LogP contribution in [0, 0.1) is 6.92 Å². The molecule has 0 aliphatic rings. The van der Waals surface area contributed by atoms with Gasteiger partial charge in [0, 0.05) is 16.5 Å². The van der Waals surface area contributed by atoms with E-state index in [2.05, 4.69) is 27.7 Å². The maximum atomic E-state index is 11.2. The number of carboxylic acid groups (broad SMARTS) is 1. The number of carbonyl (C=O) groups is 1. The summed E-state index contributed by atoms with van der Waals surface area (Å²) >= 11 is 4.62. The van der Waals surface area contributed by atoms with Gasteiger partial charge in [0.15, 0.2) is 5.11 Å². The van der Waals surface area contributed by atoms with Crippen molar-refractivity contribution in [2.75, 3.05) is 0 Å². The Hall–Kier alpha value is -2.41. The molecule has 0 radical (unpaired) electrons. The number of hydrogen-bond donors (Lipinski definition) is 4. The Morgan fingerprint density at radius 3 is 2.95 bits per heavy atom. The zero-order valence-electron chi connectivity index (χ0n) is 10.1. The molecule has 6 nitrogen and oxygen atoms in total. The van der Waals surface area contributed by atoms with Gasteiger partial charge in [-0.25, -0.2) is 4.79 Å².